The minimum Gasteiger partial charge on any atom is -0.375 e. The lowest BCUT2D eigenvalue weighted by Gasteiger charge is -2.37. The third-order valence-electron chi connectivity index (χ3n) is 10.0. The standard InChI is InChI=1S/C34H46N4OS/c35-34-37-31-17-16-30(23-32(31)40-34)38(20-18-24-6-2-1-3-7-24)21-19-25-10-14-29(15-11-25)36-33(39)28-13-12-26-8-4-5-9-27(26)22-28/h4-5,8-9,12-13,22,24-25,29-30H,1-3,6-7,10-11,14-21,23H2,(H2,35,37)(H,36,39)/t25?,29?,30-/m0/s1. The molecule has 2 fully saturated rings. The van der Waals surface area contributed by atoms with Gasteiger partial charge in [0.1, 0.15) is 0 Å². The zero-order chi connectivity index (χ0) is 27.3. The Morgan fingerprint density at radius 1 is 0.900 bits per heavy atom. The molecule has 0 bridgehead atoms. The largest absolute Gasteiger partial charge is 0.375 e. The van der Waals surface area contributed by atoms with E-state index >= 15 is 0 Å². The SMILES string of the molecule is Nc1nc2c(s1)C[C@@H](N(CCC1CCCCC1)CCC1CCC(NC(=O)c3ccc4ccccc4c3)CC1)CC2. The molecule has 3 aliphatic carbocycles. The van der Waals surface area contributed by atoms with Gasteiger partial charge in [0.2, 0.25) is 0 Å². The summed E-state index contributed by atoms with van der Waals surface area (Å²) < 4.78 is 0. The van der Waals surface area contributed by atoms with E-state index in [0.29, 0.717) is 12.1 Å². The predicted molar refractivity (Wildman–Crippen MR) is 167 cm³/mol. The molecule has 1 amide bonds. The summed E-state index contributed by atoms with van der Waals surface area (Å²) >= 11 is 1.71. The molecular formula is C34H46N4OS. The number of aryl methyl sites for hydroxylation is 1. The number of thiazole rings is 1. The van der Waals surface area contributed by atoms with Crippen molar-refractivity contribution in [2.75, 3.05) is 18.8 Å². The van der Waals surface area contributed by atoms with Crippen LogP contribution in [0.1, 0.15) is 98.0 Å². The van der Waals surface area contributed by atoms with Gasteiger partial charge in [0.05, 0.1) is 5.69 Å². The molecule has 0 radical (unpaired) electrons. The van der Waals surface area contributed by atoms with Crippen LogP contribution in [0.4, 0.5) is 5.13 Å². The fourth-order valence-electron chi connectivity index (χ4n) is 7.53. The quantitative estimate of drug-likeness (QED) is 0.287. The number of hydrogen-bond acceptors (Lipinski definition) is 5. The fourth-order valence-corrected chi connectivity index (χ4v) is 8.48. The first-order chi connectivity index (χ1) is 19.6. The Hall–Kier alpha value is -2.44. The minimum absolute atomic E-state index is 0.0727. The lowest BCUT2D eigenvalue weighted by atomic mass is 9.83. The topological polar surface area (TPSA) is 71.2 Å². The van der Waals surface area contributed by atoms with Crippen molar-refractivity contribution in [2.24, 2.45) is 11.8 Å². The van der Waals surface area contributed by atoms with Gasteiger partial charge in [0, 0.05) is 22.5 Å². The molecule has 0 saturated heterocycles. The molecular weight excluding hydrogens is 512 g/mol. The number of nitrogen functional groups attached to an aromatic ring is 1. The molecule has 2 saturated carbocycles. The Labute approximate surface area is 243 Å². The number of nitrogens with zero attached hydrogens (tertiary/aromatic N) is 2. The maximum absolute atomic E-state index is 13.0. The normalized spacial score (nSPS) is 23.8. The van der Waals surface area contributed by atoms with Crippen LogP contribution in [0.15, 0.2) is 42.5 Å². The number of carbonyl (C=O) groups is 1. The van der Waals surface area contributed by atoms with E-state index in [0.717, 1.165) is 53.6 Å². The van der Waals surface area contributed by atoms with Gasteiger partial charge in [-0.15, -0.1) is 11.3 Å². The Kier molecular flexibility index (Phi) is 9.03. The van der Waals surface area contributed by atoms with Gasteiger partial charge in [-0.3, -0.25) is 9.69 Å². The second-order valence-corrected chi connectivity index (χ2v) is 13.8. The van der Waals surface area contributed by atoms with Crippen LogP contribution in [-0.2, 0) is 12.8 Å². The Bertz CT molecular complexity index is 1270. The number of fused-ring (bicyclic) bond motifs is 2. The van der Waals surface area contributed by atoms with E-state index in [1.807, 2.05) is 24.3 Å². The van der Waals surface area contributed by atoms with E-state index in [1.165, 1.54) is 93.3 Å². The van der Waals surface area contributed by atoms with Gasteiger partial charge in [-0.25, -0.2) is 4.98 Å². The number of benzene rings is 2. The average Bonchev–Trinajstić information content (AvgIpc) is 3.37. The van der Waals surface area contributed by atoms with Crippen LogP contribution in [0.25, 0.3) is 10.8 Å². The number of carbonyl (C=O) groups excluding carboxylic acids is 1. The van der Waals surface area contributed by atoms with Crippen molar-refractivity contribution in [3.8, 4) is 0 Å². The molecule has 1 heterocycles. The first-order valence-electron chi connectivity index (χ1n) is 15.9. The summed E-state index contributed by atoms with van der Waals surface area (Å²) in [6, 6.07) is 15.2. The lowest BCUT2D eigenvalue weighted by Crippen LogP contribution is -2.42. The molecule has 214 valence electrons. The molecule has 0 spiro atoms. The molecule has 5 nitrogen and oxygen atoms in total. The number of hydrogen-bond donors (Lipinski definition) is 2. The van der Waals surface area contributed by atoms with Crippen molar-refractivity contribution < 1.29 is 4.79 Å². The van der Waals surface area contributed by atoms with Gasteiger partial charge < -0.3 is 11.1 Å². The summed E-state index contributed by atoms with van der Waals surface area (Å²) in [5, 5.41) is 6.38. The van der Waals surface area contributed by atoms with Crippen LogP contribution < -0.4 is 11.1 Å². The smallest absolute Gasteiger partial charge is 0.251 e. The van der Waals surface area contributed by atoms with Gasteiger partial charge in [0.15, 0.2) is 5.13 Å². The third-order valence-corrected chi connectivity index (χ3v) is 11.0. The summed E-state index contributed by atoms with van der Waals surface area (Å²) in [5.41, 5.74) is 8.09. The molecule has 6 rings (SSSR count). The zero-order valence-electron chi connectivity index (χ0n) is 24.0. The van der Waals surface area contributed by atoms with E-state index in [-0.39, 0.29) is 5.91 Å². The van der Waals surface area contributed by atoms with Crippen LogP contribution in [0.3, 0.4) is 0 Å². The summed E-state index contributed by atoms with van der Waals surface area (Å²) in [4.78, 5) is 21.9. The monoisotopic (exact) mass is 558 g/mol. The van der Waals surface area contributed by atoms with Crippen LogP contribution in [0, 0.1) is 11.8 Å². The van der Waals surface area contributed by atoms with Crippen LogP contribution >= 0.6 is 11.3 Å². The van der Waals surface area contributed by atoms with E-state index in [2.05, 4.69) is 33.4 Å². The second-order valence-electron chi connectivity index (χ2n) is 12.7. The number of rotatable bonds is 9. The molecule has 0 unspecified atom stereocenters. The van der Waals surface area contributed by atoms with Crippen molar-refractivity contribution in [3.05, 3.63) is 58.6 Å². The van der Waals surface area contributed by atoms with Crippen molar-refractivity contribution in [1.82, 2.24) is 15.2 Å². The summed E-state index contributed by atoms with van der Waals surface area (Å²) in [5.74, 6) is 1.77. The third kappa shape index (κ3) is 6.88. The van der Waals surface area contributed by atoms with Crippen LogP contribution in [-0.4, -0.2) is 41.0 Å². The van der Waals surface area contributed by atoms with Gasteiger partial charge >= 0.3 is 0 Å². The fraction of sp³-hybridized carbons (Fsp3) is 0.588. The minimum atomic E-state index is 0.0727. The van der Waals surface area contributed by atoms with Crippen molar-refractivity contribution in [2.45, 2.75) is 102 Å². The van der Waals surface area contributed by atoms with Crippen LogP contribution in [0.5, 0.6) is 0 Å². The second kappa shape index (κ2) is 13.0. The molecule has 0 aliphatic heterocycles. The maximum atomic E-state index is 13.0. The molecule has 1 aromatic heterocycles. The molecule has 6 heteroatoms. The summed E-state index contributed by atoms with van der Waals surface area (Å²) in [6.45, 7) is 2.45. The highest BCUT2D eigenvalue weighted by molar-refractivity contribution is 7.15. The predicted octanol–water partition coefficient (Wildman–Crippen LogP) is 7.39. The number of nitrogens with two attached hydrogens (primary N) is 1. The van der Waals surface area contributed by atoms with Crippen molar-refractivity contribution >= 4 is 33.1 Å². The molecule has 3 aliphatic rings. The maximum Gasteiger partial charge on any atom is 0.251 e. The first kappa shape index (κ1) is 27.7. The Morgan fingerprint density at radius 3 is 2.40 bits per heavy atom. The van der Waals surface area contributed by atoms with E-state index < -0.39 is 0 Å². The highest BCUT2D eigenvalue weighted by Crippen LogP contribution is 2.33. The highest BCUT2D eigenvalue weighted by Gasteiger charge is 2.29. The first-order valence-corrected chi connectivity index (χ1v) is 16.7. The number of anilines is 1. The lowest BCUT2D eigenvalue weighted by molar-refractivity contribution is 0.0917. The van der Waals surface area contributed by atoms with E-state index in [1.54, 1.807) is 11.3 Å². The Balaban J connectivity index is 1.00. The summed E-state index contributed by atoms with van der Waals surface area (Å²) in [6.07, 6.45) is 17.9. The van der Waals surface area contributed by atoms with Gasteiger partial charge in [-0.05, 0) is 106 Å². The van der Waals surface area contributed by atoms with E-state index in [9.17, 15) is 4.79 Å². The molecule has 3 N–H and O–H groups in total. The Morgan fingerprint density at radius 2 is 1.62 bits per heavy atom. The average molecular weight is 559 g/mol. The van der Waals surface area contributed by atoms with Gasteiger partial charge in [0.25, 0.3) is 5.91 Å². The summed E-state index contributed by atoms with van der Waals surface area (Å²) in [7, 11) is 0. The van der Waals surface area contributed by atoms with E-state index in [4.69, 9.17) is 5.73 Å². The highest BCUT2D eigenvalue weighted by atomic mass is 32.1. The molecule has 3 aromatic rings. The van der Waals surface area contributed by atoms with Gasteiger partial charge in [-0.1, -0.05) is 62.4 Å². The van der Waals surface area contributed by atoms with Crippen molar-refractivity contribution in [1.29, 1.82) is 0 Å². The molecule has 1 atom stereocenters. The molecule has 2 aromatic carbocycles. The van der Waals surface area contributed by atoms with Gasteiger partial charge in [-0.2, -0.15) is 0 Å². The number of amides is 1. The zero-order valence-corrected chi connectivity index (χ0v) is 24.8. The number of aromatic nitrogens is 1. The molecule has 40 heavy (non-hydrogen) atoms. The number of nitrogens with one attached hydrogen (secondary N) is 1. The van der Waals surface area contributed by atoms with Crippen molar-refractivity contribution in [3.63, 3.8) is 0 Å². The van der Waals surface area contributed by atoms with Crippen LogP contribution in [0.2, 0.25) is 0 Å².